The van der Waals surface area contributed by atoms with E-state index in [9.17, 15) is 0 Å². The van der Waals surface area contributed by atoms with Crippen LogP contribution in [0.25, 0.3) is 4.96 Å². The summed E-state index contributed by atoms with van der Waals surface area (Å²) >= 11 is 1.63. The minimum absolute atomic E-state index is 0.138. The fourth-order valence-corrected chi connectivity index (χ4v) is 2.81. The molecule has 0 radical (unpaired) electrons. The quantitative estimate of drug-likeness (QED) is 0.545. The number of imidazole rings is 1. The van der Waals surface area contributed by atoms with Gasteiger partial charge in [0.05, 0.1) is 5.69 Å². The molecule has 0 aliphatic rings. The topological polar surface area (TPSA) is 68.2 Å². The minimum atomic E-state index is 0.138. The molecule has 6 heteroatoms. The van der Waals surface area contributed by atoms with Crippen LogP contribution in [0.15, 0.2) is 42.2 Å². The number of hydrogen-bond donors (Lipinski definition) is 2. The van der Waals surface area contributed by atoms with Crippen molar-refractivity contribution >= 4 is 16.3 Å². The molecule has 0 aliphatic heterocycles. The van der Waals surface area contributed by atoms with Crippen LogP contribution in [0.1, 0.15) is 11.4 Å². The molecule has 19 heavy (non-hydrogen) atoms. The van der Waals surface area contributed by atoms with Crippen molar-refractivity contribution in [2.45, 2.75) is 18.9 Å². The van der Waals surface area contributed by atoms with E-state index >= 15 is 0 Å². The number of hydrogen-bond acceptors (Lipinski definition) is 5. The molecule has 3 aromatic heterocycles. The monoisotopic (exact) mass is 273 g/mol. The molecule has 3 aromatic rings. The van der Waals surface area contributed by atoms with E-state index in [2.05, 4.69) is 21.6 Å². The van der Waals surface area contributed by atoms with Crippen molar-refractivity contribution in [2.75, 3.05) is 0 Å². The van der Waals surface area contributed by atoms with Crippen LogP contribution in [-0.2, 0) is 12.8 Å². The summed E-state index contributed by atoms with van der Waals surface area (Å²) in [4.78, 5) is 9.91. The largest absolute Gasteiger partial charge is 0.297 e. The predicted molar refractivity (Wildman–Crippen MR) is 75.8 cm³/mol. The highest BCUT2D eigenvalue weighted by Crippen LogP contribution is 2.13. The minimum Gasteiger partial charge on any atom is -0.297 e. The zero-order valence-electron chi connectivity index (χ0n) is 10.4. The molecule has 1 unspecified atom stereocenters. The van der Waals surface area contributed by atoms with Gasteiger partial charge in [-0.2, -0.15) is 0 Å². The maximum Gasteiger partial charge on any atom is 0.193 e. The maximum absolute atomic E-state index is 5.63. The average molecular weight is 273 g/mol. The molecule has 0 spiro atoms. The van der Waals surface area contributed by atoms with Gasteiger partial charge < -0.3 is 0 Å². The molecular formula is C13H15N5S. The van der Waals surface area contributed by atoms with Crippen LogP contribution in [0, 0.1) is 0 Å². The molecular weight excluding hydrogens is 258 g/mol. The van der Waals surface area contributed by atoms with E-state index in [1.54, 1.807) is 17.5 Å². The predicted octanol–water partition coefficient (Wildman–Crippen LogP) is 1.41. The SMILES string of the molecule is NNC(Cc1ccccn1)Cc1cn2ccsc2n1. The summed E-state index contributed by atoms with van der Waals surface area (Å²) in [6.45, 7) is 0. The fraction of sp³-hybridized carbons (Fsp3) is 0.231. The Kier molecular flexibility index (Phi) is 3.54. The zero-order valence-corrected chi connectivity index (χ0v) is 11.2. The number of nitrogens with zero attached hydrogens (tertiary/aromatic N) is 3. The lowest BCUT2D eigenvalue weighted by Crippen LogP contribution is -2.38. The van der Waals surface area contributed by atoms with Crippen molar-refractivity contribution < 1.29 is 0 Å². The zero-order chi connectivity index (χ0) is 13.1. The van der Waals surface area contributed by atoms with Crippen LogP contribution in [0.5, 0.6) is 0 Å². The van der Waals surface area contributed by atoms with E-state index in [0.717, 1.165) is 29.2 Å². The van der Waals surface area contributed by atoms with Gasteiger partial charge in [0.1, 0.15) is 0 Å². The van der Waals surface area contributed by atoms with Gasteiger partial charge in [0.15, 0.2) is 4.96 Å². The third-order valence-electron chi connectivity index (χ3n) is 3.02. The van der Waals surface area contributed by atoms with Crippen molar-refractivity contribution in [3.05, 3.63) is 53.6 Å². The van der Waals surface area contributed by atoms with E-state index in [0.29, 0.717) is 0 Å². The van der Waals surface area contributed by atoms with Gasteiger partial charge in [0, 0.05) is 48.5 Å². The fourth-order valence-electron chi connectivity index (χ4n) is 2.09. The summed E-state index contributed by atoms with van der Waals surface area (Å²) < 4.78 is 2.04. The number of aromatic nitrogens is 3. The van der Waals surface area contributed by atoms with E-state index in [4.69, 9.17) is 5.84 Å². The molecule has 5 nitrogen and oxygen atoms in total. The van der Waals surface area contributed by atoms with Gasteiger partial charge in [0.2, 0.25) is 0 Å². The third kappa shape index (κ3) is 2.81. The number of thiazole rings is 1. The van der Waals surface area contributed by atoms with Gasteiger partial charge in [-0.3, -0.25) is 20.7 Å². The Morgan fingerprint density at radius 3 is 2.95 bits per heavy atom. The second-order valence-corrected chi connectivity index (χ2v) is 5.29. The van der Waals surface area contributed by atoms with Gasteiger partial charge in [-0.05, 0) is 12.1 Å². The first-order valence-electron chi connectivity index (χ1n) is 6.12. The molecule has 1 atom stereocenters. The standard InChI is InChI=1S/C13H15N5S/c14-17-11(7-10-3-1-2-4-15-10)8-12-9-18-5-6-19-13(18)16-12/h1-6,9,11,17H,7-8,14H2. The third-order valence-corrected chi connectivity index (χ3v) is 3.79. The number of pyridine rings is 1. The van der Waals surface area contributed by atoms with Gasteiger partial charge >= 0.3 is 0 Å². The molecule has 0 saturated heterocycles. The van der Waals surface area contributed by atoms with Crippen LogP contribution in [-0.4, -0.2) is 20.4 Å². The van der Waals surface area contributed by atoms with Gasteiger partial charge in [-0.15, -0.1) is 11.3 Å². The molecule has 0 aromatic carbocycles. The Morgan fingerprint density at radius 2 is 2.21 bits per heavy atom. The van der Waals surface area contributed by atoms with Crippen molar-refractivity contribution in [1.82, 2.24) is 19.8 Å². The Hall–Kier alpha value is -1.76. The van der Waals surface area contributed by atoms with Crippen LogP contribution in [0.4, 0.5) is 0 Å². The summed E-state index contributed by atoms with van der Waals surface area (Å²) in [7, 11) is 0. The first-order valence-corrected chi connectivity index (χ1v) is 7.00. The first kappa shape index (κ1) is 12.3. The molecule has 0 bridgehead atoms. The average Bonchev–Trinajstić information content (AvgIpc) is 3.00. The van der Waals surface area contributed by atoms with Crippen molar-refractivity contribution in [3.8, 4) is 0 Å². The Labute approximate surface area is 115 Å². The van der Waals surface area contributed by atoms with Crippen LogP contribution < -0.4 is 11.3 Å². The summed E-state index contributed by atoms with van der Waals surface area (Å²) in [5.41, 5.74) is 4.93. The molecule has 98 valence electrons. The molecule has 3 heterocycles. The smallest absolute Gasteiger partial charge is 0.193 e. The van der Waals surface area contributed by atoms with Gasteiger partial charge in [-0.1, -0.05) is 6.07 Å². The normalized spacial score (nSPS) is 12.9. The van der Waals surface area contributed by atoms with Crippen LogP contribution in [0.2, 0.25) is 0 Å². The maximum atomic E-state index is 5.63. The summed E-state index contributed by atoms with van der Waals surface area (Å²) in [6.07, 6.45) is 7.45. The molecule has 0 saturated carbocycles. The number of hydrazine groups is 1. The molecule has 0 aliphatic carbocycles. The highest BCUT2D eigenvalue weighted by atomic mass is 32.1. The Balaban J connectivity index is 1.71. The second kappa shape index (κ2) is 5.48. The molecule has 3 N–H and O–H groups in total. The van der Waals surface area contributed by atoms with E-state index < -0.39 is 0 Å². The summed E-state index contributed by atoms with van der Waals surface area (Å²) in [6, 6.07) is 6.05. The Morgan fingerprint density at radius 1 is 1.32 bits per heavy atom. The lowest BCUT2D eigenvalue weighted by molar-refractivity contribution is 0.513. The van der Waals surface area contributed by atoms with Crippen molar-refractivity contribution in [2.24, 2.45) is 5.84 Å². The number of nitrogens with two attached hydrogens (primary N) is 1. The molecule has 0 amide bonds. The van der Waals surface area contributed by atoms with Crippen molar-refractivity contribution in [3.63, 3.8) is 0 Å². The van der Waals surface area contributed by atoms with Gasteiger partial charge in [-0.25, -0.2) is 4.98 Å². The van der Waals surface area contributed by atoms with Crippen LogP contribution in [0.3, 0.4) is 0 Å². The second-order valence-electron chi connectivity index (χ2n) is 4.42. The number of nitrogens with one attached hydrogen (secondary N) is 1. The first-order chi connectivity index (χ1) is 9.35. The molecule has 3 rings (SSSR count). The highest BCUT2D eigenvalue weighted by Gasteiger charge is 2.12. The van der Waals surface area contributed by atoms with Gasteiger partial charge in [0.25, 0.3) is 0 Å². The van der Waals surface area contributed by atoms with Crippen molar-refractivity contribution in [1.29, 1.82) is 0 Å². The summed E-state index contributed by atoms with van der Waals surface area (Å²) in [5.74, 6) is 5.63. The Bertz CT molecular complexity index is 617. The van der Waals surface area contributed by atoms with E-state index in [1.165, 1.54) is 0 Å². The highest BCUT2D eigenvalue weighted by molar-refractivity contribution is 7.15. The lowest BCUT2D eigenvalue weighted by Gasteiger charge is -2.13. The van der Waals surface area contributed by atoms with Crippen LogP contribution >= 0.6 is 11.3 Å². The lowest BCUT2D eigenvalue weighted by atomic mass is 10.1. The number of fused-ring (bicyclic) bond motifs is 1. The summed E-state index contributed by atoms with van der Waals surface area (Å²) in [5, 5.41) is 2.03. The van der Waals surface area contributed by atoms with E-state index in [-0.39, 0.29) is 6.04 Å². The molecule has 0 fully saturated rings. The number of rotatable bonds is 5. The van der Waals surface area contributed by atoms with E-state index in [1.807, 2.05) is 34.2 Å².